The predicted octanol–water partition coefficient (Wildman–Crippen LogP) is 2.56. The number of aryl methyl sites for hydroxylation is 1. The summed E-state index contributed by atoms with van der Waals surface area (Å²) in [5.41, 5.74) is 2.71. The van der Waals surface area contributed by atoms with Gasteiger partial charge in [-0.15, -0.1) is 0 Å². The standard InChI is InChI=1S/C24H35N3O2/c1-18-5-2-3-8-21(18)23-22-17-26(10-9-25-11-13-29-14-12-25)15-20(22)16-27(23)24(28)19-6-4-7-19/h2-3,5,8,19-20,22-23H,4,6-7,9-17H2,1H3/t20-,22-,23+/m0/s1. The zero-order valence-corrected chi connectivity index (χ0v) is 17.8. The summed E-state index contributed by atoms with van der Waals surface area (Å²) in [6, 6.07) is 9.00. The third-order valence-corrected chi connectivity index (χ3v) is 7.82. The molecule has 4 aliphatic rings. The van der Waals surface area contributed by atoms with E-state index < -0.39 is 0 Å². The summed E-state index contributed by atoms with van der Waals surface area (Å²) in [4.78, 5) is 20.7. The lowest BCUT2D eigenvalue weighted by Crippen LogP contribution is -2.43. The van der Waals surface area contributed by atoms with Gasteiger partial charge in [-0.25, -0.2) is 0 Å². The first kappa shape index (κ1) is 19.5. The van der Waals surface area contributed by atoms with E-state index in [-0.39, 0.29) is 12.0 Å². The van der Waals surface area contributed by atoms with Crippen molar-refractivity contribution in [2.75, 3.05) is 59.0 Å². The zero-order chi connectivity index (χ0) is 19.8. The smallest absolute Gasteiger partial charge is 0.226 e. The minimum Gasteiger partial charge on any atom is -0.379 e. The number of carbonyl (C=O) groups is 1. The van der Waals surface area contributed by atoms with Crippen molar-refractivity contribution in [3.05, 3.63) is 35.4 Å². The summed E-state index contributed by atoms with van der Waals surface area (Å²) in [5, 5.41) is 0. The van der Waals surface area contributed by atoms with Crippen LogP contribution in [0.25, 0.3) is 0 Å². The third kappa shape index (κ3) is 3.85. The molecule has 1 aromatic carbocycles. The number of morpholine rings is 1. The number of hydrogen-bond acceptors (Lipinski definition) is 4. The quantitative estimate of drug-likeness (QED) is 0.765. The Morgan fingerprint density at radius 3 is 2.52 bits per heavy atom. The van der Waals surface area contributed by atoms with Crippen LogP contribution in [-0.2, 0) is 9.53 Å². The monoisotopic (exact) mass is 397 g/mol. The first-order valence-electron chi connectivity index (χ1n) is 11.6. The Hall–Kier alpha value is -1.43. The van der Waals surface area contributed by atoms with Crippen LogP contribution < -0.4 is 0 Å². The maximum atomic E-state index is 13.3. The Bertz CT molecular complexity index is 729. The molecule has 1 aliphatic carbocycles. The van der Waals surface area contributed by atoms with Gasteiger partial charge in [0.25, 0.3) is 0 Å². The van der Waals surface area contributed by atoms with Gasteiger partial charge in [-0.05, 0) is 36.8 Å². The second-order valence-electron chi connectivity index (χ2n) is 9.56. The molecule has 5 nitrogen and oxygen atoms in total. The van der Waals surface area contributed by atoms with Crippen LogP contribution in [0.3, 0.4) is 0 Å². The highest BCUT2D eigenvalue weighted by Gasteiger charge is 2.50. The first-order valence-corrected chi connectivity index (χ1v) is 11.6. The highest BCUT2D eigenvalue weighted by molar-refractivity contribution is 5.80. The summed E-state index contributed by atoms with van der Waals surface area (Å²) in [6.07, 6.45) is 3.41. The van der Waals surface area contributed by atoms with Gasteiger partial charge in [0.15, 0.2) is 0 Å². The molecule has 0 N–H and O–H groups in total. The second-order valence-corrected chi connectivity index (χ2v) is 9.56. The molecule has 3 heterocycles. The molecule has 3 atom stereocenters. The summed E-state index contributed by atoms with van der Waals surface area (Å²) in [6.45, 7) is 11.6. The molecule has 3 saturated heterocycles. The highest BCUT2D eigenvalue weighted by Crippen LogP contribution is 2.47. The lowest BCUT2D eigenvalue weighted by molar-refractivity contribution is -0.139. The Kier molecular flexibility index (Phi) is 5.63. The molecule has 0 spiro atoms. The van der Waals surface area contributed by atoms with Crippen LogP contribution in [0.1, 0.15) is 36.4 Å². The van der Waals surface area contributed by atoms with E-state index in [9.17, 15) is 4.79 Å². The van der Waals surface area contributed by atoms with E-state index in [1.807, 2.05) is 0 Å². The first-order chi connectivity index (χ1) is 14.2. The SMILES string of the molecule is Cc1ccccc1[C@@H]1[C@H]2CN(CCN3CCOCC3)C[C@H]2CN1C(=O)C1CCC1. The van der Waals surface area contributed by atoms with Crippen molar-refractivity contribution in [2.45, 2.75) is 32.2 Å². The van der Waals surface area contributed by atoms with Gasteiger partial charge in [0.05, 0.1) is 19.3 Å². The number of ether oxygens (including phenoxy) is 1. The van der Waals surface area contributed by atoms with Gasteiger partial charge in [-0.1, -0.05) is 30.7 Å². The van der Waals surface area contributed by atoms with Gasteiger partial charge < -0.3 is 14.5 Å². The molecule has 29 heavy (non-hydrogen) atoms. The third-order valence-electron chi connectivity index (χ3n) is 7.82. The number of carbonyl (C=O) groups excluding carboxylic acids is 1. The van der Waals surface area contributed by atoms with Crippen molar-refractivity contribution < 1.29 is 9.53 Å². The lowest BCUT2D eigenvalue weighted by Gasteiger charge is -2.36. The van der Waals surface area contributed by atoms with Crippen LogP contribution >= 0.6 is 0 Å². The molecular formula is C24H35N3O2. The Balaban J connectivity index is 1.30. The van der Waals surface area contributed by atoms with Gasteiger partial charge >= 0.3 is 0 Å². The van der Waals surface area contributed by atoms with Gasteiger partial charge in [-0.3, -0.25) is 9.69 Å². The number of hydrogen-bond donors (Lipinski definition) is 0. The fourth-order valence-electron chi connectivity index (χ4n) is 5.86. The molecule has 1 aromatic rings. The van der Waals surface area contributed by atoms with Crippen LogP contribution in [0.5, 0.6) is 0 Å². The van der Waals surface area contributed by atoms with Gasteiger partial charge in [0, 0.05) is 57.6 Å². The van der Waals surface area contributed by atoms with E-state index >= 15 is 0 Å². The molecule has 5 heteroatoms. The molecular weight excluding hydrogens is 362 g/mol. The maximum absolute atomic E-state index is 13.3. The Morgan fingerprint density at radius 2 is 1.79 bits per heavy atom. The Labute approximate surface area is 175 Å². The number of likely N-dealkylation sites (tertiary alicyclic amines) is 2. The van der Waals surface area contributed by atoms with Gasteiger partial charge in [0.2, 0.25) is 5.91 Å². The number of nitrogens with zero attached hydrogens (tertiary/aromatic N) is 3. The van der Waals surface area contributed by atoms with Crippen molar-refractivity contribution in [3.63, 3.8) is 0 Å². The van der Waals surface area contributed by atoms with Crippen LogP contribution in [0, 0.1) is 24.7 Å². The molecule has 1 saturated carbocycles. The predicted molar refractivity (Wildman–Crippen MR) is 114 cm³/mol. The molecule has 0 unspecified atom stereocenters. The number of rotatable bonds is 5. The van der Waals surface area contributed by atoms with Crippen LogP contribution in [0.15, 0.2) is 24.3 Å². The van der Waals surface area contributed by atoms with Crippen LogP contribution in [0.2, 0.25) is 0 Å². The minimum atomic E-state index is 0.266. The molecule has 1 amide bonds. The molecule has 0 radical (unpaired) electrons. The summed E-state index contributed by atoms with van der Waals surface area (Å²) in [7, 11) is 0. The number of benzene rings is 1. The molecule has 3 aliphatic heterocycles. The number of amides is 1. The zero-order valence-electron chi connectivity index (χ0n) is 17.8. The summed E-state index contributed by atoms with van der Waals surface area (Å²) in [5.74, 6) is 1.91. The lowest BCUT2D eigenvalue weighted by atomic mass is 9.83. The highest BCUT2D eigenvalue weighted by atomic mass is 16.5. The van der Waals surface area contributed by atoms with Crippen LogP contribution in [-0.4, -0.2) is 79.6 Å². The average molecular weight is 398 g/mol. The van der Waals surface area contributed by atoms with Gasteiger partial charge in [-0.2, -0.15) is 0 Å². The normalized spacial score (nSPS) is 31.1. The van der Waals surface area contributed by atoms with E-state index in [4.69, 9.17) is 4.74 Å². The molecule has 158 valence electrons. The van der Waals surface area contributed by atoms with E-state index in [0.717, 1.165) is 71.9 Å². The van der Waals surface area contributed by atoms with Gasteiger partial charge in [0.1, 0.15) is 0 Å². The van der Waals surface area contributed by atoms with Crippen molar-refractivity contribution in [1.82, 2.24) is 14.7 Å². The van der Waals surface area contributed by atoms with Crippen molar-refractivity contribution in [2.24, 2.45) is 17.8 Å². The van der Waals surface area contributed by atoms with Crippen molar-refractivity contribution in [3.8, 4) is 0 Å². The van der Waals surface area contributed by atoms with Crippen molar-refractivity contribution in [1.29, 1.82) is 0 Å². The fraction of sp³-hybridized carbons (Fsp3) is 0.708. The van der Waals surface area contributed by atoms with E-state index in [1.165, 1.54) is 17.5 Å². The second kappa shape index (κ2) is 8.37. The Morgan fingerprint density at radius 1 is 1.03 bits per heavy atom. The molecule has 5 rings (SSSR count). The number of fused-ring (bicyclic) bond motifs is 1. The molecule has 4 fully saturated rings. The minimum absolute atomic E-state index is 0.266. The molecule has 0 aromatic heterocycles. The van der Waals surface area contributed by atoms with Crippen LogP contribution in [0.4, 0.5) is 0 Å². The van der Waals surface area contributed by atoms with E-state index in [1.54, 1.807) is 0 Å². The fourth-order valence-corrected chi connectivity index (χ4v) is 5.86. The average Bonchev–Trinajstić information content (AvgIpc) is 3.24. The maximum Gasteiger partial charge on any atom is 0.226 e. The van der Waals surface area contributed by atoms with E-state index in [2.05, 4.69) is 45.9 Å². The topological polar surface area (TPSA) is 36.0 Å². The molecule has 0 bridgehead atoms. The van der Waals surface area contributed by atoms with E-state index in [0.29, 0.717) is 17.7 Å². The summed E-state index contributed by atoms with van der Waals surface area (Å²) < 4.78 is 5.48. The van der Waals surface area contributed by atoms with Crippen molar-refractivity contribution >= 4 is 5.91 Å². The summed E-state index contributed by atoms with van der Waals surface area (Å²) >= 11 is 0. The largest absolute Gasteiger partial charge is 0.379 e.